The smallest absolute Gasteiger partial charge is 0.191 e. The highest BCUT2D eigenvalue weighted by Crippen LogP contribution is 2.08. The molecule has 0 amide bonds. The van der Waals surface area contributed by atoms with E-state index < -0.39 is 0 Å². The maximum absolute atomic E-state index is 4.27. The van der Waals surface area contributed by atoms with Crippen molar-refractivity contribution >= 4 is 29.9 Å². The number of nitrogens with one attached hydrogen (secondary N) is 2. The fourth-order valence-corrected chi connectivity index (χ4v) is 2.26. The van der Waals surface area contributed by atoms with Crippen molar-refractivity contribution in [3.8, 4) is 0 Å². The molecule has 0 bridgehead atoms. The predicted octanol–water partition coefficient (Wildman–Crippen LogP) is 3.61. The van der Waals surface area contributed by atoms with E-state index >= 15 is 0 Å². The summed E-state index contributed by atoms with van der Waals surface area (Å²) in [5, 5.41) is 6.75. The van der Waals surface area contributed by atoms with Gasteiger partial charge in [0.2, 0.25) is 0 Å². The molecule has 0 saturated carbocycles. The van der Waals surface area contributed by atoms with E-state index in [1.807, 2.05) is 0 Å². The van der Waals surface area contributed by atoms with Gasteiger partial charge in [0.25, 0.3) is 0 Å². The first kappa shape index (κ1) is 22.2. The molecule has 0 spiro atoms. The van der Waals surface area contributed by atoms with Gasteiger partial charge in [-0.1, -0.05) is 38.1 Å². The SMILES string of the molecule is CCN(CC)Cc1cccc(CNC(=NC)NC(C)(C)C)c1.I. The normalized spacial score (nSPS) is 12.0. The minimum atomic E-state index is 0. The number of halogens is 1. The van der Waals surface area contributed by atoms with Crippen LogP contribution < -0.4 is 10.6 Å². The minimum Gasteiger partial charge on any atom is -0.352 e. The predicted molar refractivity (Wildman–Crippen MR) is 112 cm³/mol. The molecule has 23 heavy (non-hydrogen) atoms. The van der Waals surface area contributed by atoms with E-state index in [4.69, 9.17) is 0 Å². The molecule has 0 radical (unpaired) electrons. The standard InChI is InChI=1S/C18H32N4.HI/c1-7-22(8-2)14-16-11-9-10-15(12-16)13-20-17(19-6)21-18(3,4)5;/h9-12H,7-8,13-14H2,1-6H3,(H2,19,20,21);1H. The van der Waals surface area contributed by atoms with E-state index in [9.17, 15) is 0 Å². The maximum Gasteiger partial charge on any atom is 0.191 e. The number of hydrogen-bond acceptors (Lipinski definition) is 2. The Morgan fingerprint density at radius 2 is 1.74 bits per heavy atom. The highest BCUT2D eigenvalue weighted by Gasteiger charge is 2.11. The molecule has 0 aliphatic heterocycles. The van der Waals surface area contributed by atoms with Crippen molar-refractivity contribution in [3.05, 3.63) is 35.4 Å². The van der Waals surface area contributed by atoms with Crippen LogP contribution in [0.25, 0.3) is 0 Å². The highest BCUT2D eigenvalue weighted by molar-refractivity contribution is 14.0. The van der Waals surface area contributed by atoms with Crippen LogP contribution in [-0.2, 0) is 13.1 Å². The Balaban J connectivity index is 0.00000484. The zero-order chi connectivity index (χ0) is 16.6. The van der Waals surface area contributed by atoms with Crippen LogP contribution in [0.2, 0.25) is 0 Å². The van der Waals surface area contributed by atoms with Crippen LogP contribution in [0.15, 0.2) is 29.3 Å². The Labute approximate surface area is 159 Å². The van der Waals surface area contributed by atoms with E-state index in [2.05, 4.69) is 79.4 Å². The highest BCUT2D eigenvalue weighted by atomic mass is 127. The lowest BCUT2D eigenvalue weighted by Gasteiger charge is -2.24. The van der Waals surface area contributed by atoms with E-state index in [1.54, 1.807) is 7.05 Å². The number of benzene rings is 1. The third kappa shape index (κ3) is 9.15. The van der Waals surface area contributed by atoms with Gasteiger partial charge in [-0.05, 0) is 45.0 Å². The second-order valence-electron chi connectivity index (χ2n) is 6.58. The molecule has 0 unspecified atom stereocenters. The third-order valence-electron chi connectivity index (χ3n) is 3.47. The summed E-state index contributed by atoms with van der Waals surface area (Å²) < 4.78 is 0. The first-order valence-corrected chi connectivity index (χ1v) is 8.17. The summed E-state index contributed by atoms with van der Waals surface area (Å²) in [5.41, 5.74) is 2.65. The van der Waals surface area contributed by atoms with Crippen LogP contribution in [0.1, 0.15) is 45.7 Å². The van der Waals surface area contributed by atoms with Gasteiger partial charge in [0.1, 0.15) is 0 Å². The van der Waals surface area contributed by atoms with E-state index in [1.165, 1.54) is 11.1 Å². The summed E-state index contributed by atoms with van der Waals surface area (Å²) in [6.45, 7) is 14.8. The lowest BCUT2D eigenvalue weighted by atomic mass is 10.1. The quantitative estimate of drug-likeness (QED) is 0.410. The molecule has 0 aromatic heterocycles. The van der Waals surface area contributed by atoms with Crippen molar-refractivity contribution in [1.29, 1.82) is 0 Å². The summed E-state index contributed by atoms with van der Waals surface area (Å²) in [6, 6.07) is 8.76. The monoisotopic (exact) mass is 432 g/mol. The van der Waals surface area contributed by atoms with Crippen molar-refractivity contribution in [2.75, 3.05) is 20.1 Å². The van der Waals surface area contributed by atoms with Gasteiger partial charge < -0.3 is 10.6 Å². The van der Waals surface area contributed by atoms with Crippen molar-refractivity contribution in [2.45, 2.75) is 53.2 Å². The number of nitrogens with zero attached hydrogens (tertiary/aromatic N) is 2. The molecule has 0 atom stereocenters. The topological polar surface area (TPSA) is 39.7 Å². The molecule has 5 heteroatoms. The first-order chi connectivity index (χ1) is 10.4. The van der Waals surface area contributed by atoms with Crippen molar-refractivity contribution < 1.29 is 0 Å². The van der Waals surface area contributed by atoms with Gasteiger partial charge in [-0.25, -0.2) is 0 Å². The summed E-state index contributed by atoms with van der Waals surface area (Å²) in [7, 11) is 1.80. The fraction of sp³-hybridized carbons (Fsp3) is 0.611. The van der Waals surface area contributed by atoms with Crippen molar-refractivity contribution in [2.24, 2.45) is 4.99 Å². The lowest BCUT2D eigenvalue weighted by Crippen LogP contribution is -2.47. The number of guanidine groups is 1. The molecule has 0 fully saturated rings. The minimum absolute atomic E-state index is 0. The molecule has 0 saturated heterocycles. The van der Waals surface area contributed by atoms with Crippen LogP contribution in [0, 0.1) is 0 Å². The molecule has 0 aliphatic carbocycles. The van der Waals surface area contributed by atoms with Crippen LogP contribution in [0.3, 0.4) is 0 Å². The molecule has 1 rings (SSSR count). The van der Waals surface area contributed by atoms with E-state index in [-0.39, 0.29) is 29.5 Å². The molecule has 4 nitrogen and oxygen atoms in total. The van der Waals surface area contributed by atoms with Crippen molar-refractivity contribution in [1.82, 2.24) is 15.5 Å². The fourth-order valence-electron chi connectivity index (χ4n) is 2.26. The number of rotatable bonds is 6. The molecular formula is C18H33IN4. The lowest BCUT2D eigenvalue weighted by molar-refractivity contribution is 0.296. The molecular weight excluding hydrogens is 399 g/mol. The van der Waals surface area contributed by atoms with Crippen LogP contribution in [0.5, 0.6) is 0 Å². The number of aliphatic imine (C=N–C) groups is 1. The van der Waals surface area contributed by atoms with Gasteiger partial charge in [-0.2, -0.15) is 0 Å². The molecule has 132 valence electrons. The summed E-state index contributed by atoms with van der Waals surface area (Å²) >= 11 is 0. The Bertz CT molecular complexity index is 476. The Hall–Kier alpha value is -0.820. The van der Waals surface area contributed by atoms with Crippen LogP contribution in [0.4, 0.5) is 0 Å². The van der Waals surface area contributed by atoms with Crippen molar-refractivity contribution in [3.63, 3.8) is 0 Å². The second kappa shape index (κ2) is 10.9. The van der Waals surface area contributed by atoms with Gasteiger partial charge in [0.05, 0.1) is 0 Å². The summed E-state index contributed by atoms with van der Waals surface area (Å²) in [5.74, 6) is 0.835. The third-order valence-corrected chi connectivity index (χ3v) is 3.47. The number of hydrogen-bond donors (Lipinski definition) is 2. The van der Waals surface area contributed by atoms with Crippen LogP contribution >= 0.6 is 24.0 Å². The zero-order valence-corrected chi connectivity index (χ0v) is 17.8. The Kier molecular flexibility index (Phi) is 10.5. The summed E-state index contributed by atoms with van der Waals surface area (Å²) in [4.78, 5) is 6.70. The van der Waals surface area contributed by atoms with Gasteiger partial charge in [-0.15, -0.1) is 24.0 Å². The van der Waals surface area contributed by atoms with Crippen LogP contribution in [-0.4, -0.2) is 36.5 Å². The Morgan fingerprint density at radius 3 is 2.26 bits per heavy atom. The maximum atomic E-state index is 4.27. The zero-order valence-electron chi connectivity index (χ0n) is 15.4. The van der Waals surface area contributed by atoms with Gasteiger partial charge in [0.15, 0.2) is 5.96 Å². The first-order valence-electron chi connectivity index (χ1n) is 8.17. The van der Waals surface area contributed by atoms with Gasteiger partial charge in [-0.3, -0.25) is 9.89 Å². The largest absolute Gasteiger partial charge is 0.352 e. The summed E-state index contributed by atoms with van der Waals surface area (Å²) in [6.07, 6.45) is 0. The molecule has 1 aromatic carbocycles. The average Bonchev–Trinajstić information content (AvgIpc) is 2.48. The molecule has 2 N–H and O–H groups in total. The van der Waals surface area contributed by atoms with E-state index in [0.29, 0.717) is 0 Å². The van der Waals surface area contributed by atoms with Gasteiger partial charge in [0, 0.05) is 25.7 Å². The second-order valence-corrected chi connectivity index (χ2v) is 6.58. The molecule has 1 aromatic rings. The van der Waals surface area contributed by atoms with Gasteiger partial charge >= 0.3 is 0 Å². The van der Waals surface area contributed by atoms with E-state index in [0.717, 1.165) is 32.1 Å². The Morgan fingerprint density at radius 1 is 1.13 bits per heavy atom. The average molecular weight is 432 g/mol. The molecule has 0 aliphatic rings. The molecule has 0 heterocycles.